The minimum Gasteiger partial charge on any atom is -0.307 e. The van der Waals surface area contributed by atoms with Gasteiger partial charge in [-0.2, -0.15) is 0 Å². The maximum Gasteiger partial charge on any atom is 0.0605 e. The predicted octanol–water partition coefficient (Wildman–Crippen LogP) is 3.42. The van der Waals surface area contributed by atoms with Crippen molar-refractivity contribution < 1.29 is 0 Å². The van der Waals surface area contributed by atoms with E-state index in [2.05, 4.69) is 55.3 Å². The van der Waals surface area contributed by atoms with Gasteiger partial charge in [-0.05, 0) is 50.9 Å². The zero-order chi connectivity index (χ0) is 15.2. The van der Waals surface area contributed by atoms with Crippen LogP contribution in [-0.4, -0.2) is 36.6 Å². The van der Waals surface area contributed by atoms with E-state index in [0.29, 0.717) is 12.1 Å². The summed E-state index contributed by atoms with van der Waals surface area (Å²) in [6.45, 7) is 5.67. The molecular formula is C18H31N3. The van der Waals surface area contributed by atoms with E-state index in [1.165, 1.54) is 43.4 Å². The van der Waals surface area contributed by atoms with E-state index < -0.39 is 0 Å². The Balaban J connectivity index is 2.02. The van der Waals surface area contributed by atoms with E-state index in [0.717, 1.165) is 12.5 Å². The lowest BCUT2D eigenvalue weighted by atomic mass is 9.90. The van der Waals surface area contributed by atoms with Gasteiger partial charge in [-0.25, -0.2) is 0 Å². The van der Waals surface area contributed by atoms with Crippen LogP contribution in [0.2, 0.25) is 0 Å². The zero-order valence-electron chi connectivity index (χ0n) is 14.1. The van der Waals surface area contributed by atoms with Crippen LogP contribution in [0, 0.1) is 5.92 Å². The highest BCUT2D eigenvalue weighted by molar-refractivity contribution is 5.25. The van der Waals surface area contributed by atoms with E-state index in [1.54, 1.807) is 0 Å². The number of fused-ring (bicyclic) bond motifs is 1. The molecule has 2 atom stereocenters. The molecule has 3 nitrogen and oxygen atoms in total. The van der Waals surface area contributed by atoms with Gasteiger partial charge < -0.3 is 10.2 Å². The summed E-state index contributed by atoms with van der Waals surface area (Å²) in [5.41, 5.74) is 2.72. The molecule has 1 aliphatic rings. The third-order valence-electron chi connectivity index (χ3n) is 5.02. The van der Waals surface area contributed by atoms with E-state index >= 15 is 0 Å². The molecule has 2 unspecified atom stereocenters. The molecule has 118 valence electrons. The summed E-state index contributed by atoms with van der Waals surface area (Å²) in [6, 6.07) is 5.34. The van der Waals surface area contributed by atoms with Crippen molar-refractivity contribution in [3.8, 4) is 0 Å². The van der Waals surface area contributed by atoms with Crippen molar-refractivity contribution in [2.75, 3.05) is 20.6 Å². The molecule has 1 aromatic heterocycles. The average Bonchev–Trinajstić information content (AvgIpc) is 2.51. The molecule has 1 N–H and O–H groups in total. The Morgan fingerprint density at radius 3 is 2.76 bits per heavy atom. The second kappa shape index (κ2) is 7.90. The smallest absolute Gasteiger partial charge is 0.0605 e. The van der Waals surface area contributed by atoms with Crippen molar-refractivity contribution in [3.05, 3.63) is 29.6 Å². The Kier molecular flexibility index (Phi) is 6.19. The fourth-order valence-corrected chi connectivity index (χ4v) is 3.67. The van der Waals surface area contributed by atoms with Crippen LogP contribution in [0.15, 0.2) is 18.3 Å². The lowest BCUT2D eigenvalue weighted by molar-refractivity contribution is 0.187. The zero-order valence-corrected chi connectivity index (χ0v) is 14.1. The van der Waals surface area contributed by atoms with E-state index in [4.69, 9.17) is 0 Å². The standard InChI is InChI=1S/C18H31N3/c1-5-14(6-2)17(21(3)4)13-20-16-11-7-9-15-10-8-12-19-18(15)16/h8,10,12,14,16-17,20H,5-7,9,11,13H2,1-4H3. The molecule has 0 bridgehead atoms. The van der Waals surface area contributed by atoms with Gasteiger partial charge in [-0.15, -0.1) is 0 Å². The molecule has 1 aromatic rings. The molecule has 0 spiro atoms. The number of likely N-dealkylation sites (N-methyl/N-ethyl adjacent to an activating group) is 1. The Morgan fingerprint density at radius 1 is 1.33 bits per heavy atom. The molecule has 0 amide bonds. The monoisotopic (exact) mass is 289 g/mol. The number of hydrogen-bond acceptors (Lipinski definition) is 3. The first kappa shape index (κ1) is 16.4. The highest BCUT2D eigenvalue weighted by Crippen LogP contribution is 2.28. The van der Waals surface area contributed by atoms with Gasteiger partial charge in [0.2, 0.25) is 0 Å². The molecule has 2 rings (SSSR count). The second-order valence-electron chi connectivity index (χ2n) is 6.51. The highest BCUT2D eigenvalue weighted by Gasteiger charge is 2.25. The Bertz CT molecular complexity index is 426. The molecule has 3 heteroatoms. The Morgan fingerprint density at radius 2 is 2.10 bits per heavy atom. The van der Waals surface area contributed by atoms with Crippen molar-refractivity contribution >= 4 is 0 Å². The molecule has 0 aliphatic heterocycles. The summed E-state index contributed by atoms with van der Waals surface area (Å²) in [6.07, 6.45) is 8.11. The highest BCUT2D eigenvalue weighted by atomic mass is 15.1. The molecular weight excluding hydrogens is 258 g/mol. The van der Waals surface area contributed by atoms with Crippen LogP contribution in [0.1, 0.15) is 56.8 Å². The number of nitrogens with zero attached hydrogens (tertiary/aromatic N) is 2. The van der Waals surface area contributed by atoms with E-state index in [9.17, 15) is 0 Å². The van der Waals surface area contributed by atoms with Crippen molar-refractivity contribution in [1.29, 1.82) is 0 Å². The van der Waals surface area contributed by atoms with Crippen molar-refractivity contribution in [1.82, 2.24) is 15.2 Å². The van der Waals surface area contributed by atoms with E-state index in [1.807, 2.05) is 6.20 Å². The lowest BCUT2D eigenvalue weighted by Gasteiger charge is -2.34. The summed E-state index contributed by atoms with van der Waals surface area (Å²) >= 11 is 0. The molecule has 0 fully saturated rings. The summed E-state index contributed by atoms with van der Waals surface area (Å²) in [5, 5.41) is 3.80. The number of nitrogens with one attached hydrogen (secondary N) is 1. The molecule has 1 heterocycles. The van der Waals surface area contributed by atoms with Gasteiger partial charge in [0, 0.05) is 24.8 Å². The molecule has 0 aromatic carbocycles. The summed E-state index contributed by atoms with van der Waals surface area (Å²) in [7, 11) is 4.41. The molecule has 21 heavy (non-hydrogen) atoms. The topological polar surface area (TPSA) is 28.2 Å². The van der Waals surface area contributed by atoms with Crippen LogP contribution in [0.25, 0.3) is 0 Å². The van der Waals surface area contributed by atoms with Gasteiger partial charge in [0.1, 0.15) is 0 Å². The first-order chi connectivity index (χ1) is 10.2. The number of pyridine rings is 1. The maximum atomic E-state index is 4.63. The fraction of sp³-hybridized carbons (Fsp3) is 0.722. The lowest BCUT2D eigenvalue weighted by Crippen LogP contribution is -2.44. The first-order valence-electron chi connectivity index (χ1n) is 8.50. The Labute approximate surface area is 130 Å². The van der Waals surface area contributed by atoms with Gasteiger partial charge in [0.25, 0.3) is 0 Å². The van der Waals surface area contributed by atoms with Crippen molar-refractivity contribution in [2.45, 2.75) is 58.0 Å². The first-order valence-corrected chi connectivity index (χ1v) is 8.50. The van der Waals surface area contributed by atoms with Crippen LogP contribution < -0.4 is 5.32 Å². The normalized spacial score (nSPS) is 19.8. The largest absolute Gasteiger partial charge is 0.307 e. The quantitative estimate of drug-likeness (QED) is 0.833. The third kappa shape index (κ3) is 4.04. The third-order valence-corrected chi connectivity index (χ3v) is 5.02. The maximum absolute atomic E-state index is 4.63. The number of hydrogen-bond donors (Lipinski definition) is 1. The van der Waals surface area contributed by atoms with Gasteiger partial charge in [-0.3, -0.25) is 4.98 Å². The number of rotatable bonds is 7. The molecule has 1 aliphatic carbocycles. The predicted molar refractivity (Wildman–Crippen MR) is 89.5 cm³/mol. The molecule has 0 saturated heterocycles. The minimum absolute atomic E-state index is 0.437. The van der Waals surface area contributed by atoms with Gasteiger partial charge in [0.05, 0.1) is 5.69 Å². The average molecular weight is 289 g/mol. The van der Waals surface area contributed by atoms with E-state index in [-0.39, 0.29) is 0 Å². The van der Waals surface area contributed by atoms with Crippen LogP contribution in [0.5, 0.6) is 0 Å². The van der Waals surface area contributed by atoms with Crippen LogP contribution in [0.4, 0.5) is 0 Å². The minimum atomic E-state index is 0.437. The van der Waals surface area contributed by atoms with Gasteiger partial charge in [-0.1, -0.05) is 32.8 Å². The van der Waals surface area contributed by atoms with Crippen LogP contribution >= 0.6 is 0 Å². The second-order valence-corrected chi connectivity index (χ2v) is 6.51. The summed E-state index contributed by atoms with van der Waals surface area (Å²) in [4.78, 5) is 7.01. The molecule has 0 radical (unpaired) electrons. The summed E-state index contributed by atoms with van der Waals surface area (Å²) < 4.78 is 0. The van der Waals surface area contributed by atoms with Crippen LogP contribution in [-0.2, 0) is 6.42 Å². The van der Waals surface area contributed by atoms with Crippen molar-refractivity contribution in [2.24, 2.45) is 5.92 Å². The SMILES string of the molecule is CCC(CC)C(CNC1CCCc2cccnc21)N(C)C. The summed E-state index contributed by atoms with van der Waals surface area (Å²) in [5.74, 6) is 0.763. The Hall–Kier alpha value is -0.930. The van der Waals surface area contributed by atoms with Gasteiger partial charge >= 0.3 is 0 Å². The number of aromatic nitrogens is 1. The molecule has 0 saturated carbocycles. The van der Waals surface area contributed by atoms with Gasteiger partial charge in [0.15, 0.2) is 0 Å². The number of aryl methyl sites for hydroxylation is 1. The fourth-order valence-electron chi connectivity index (χ4n) is 3.67. The van der Waals surface area contributed by atoms with Crippen molar-refractivity contribution in [3.63, 3.8) is 0 Å². The van der Waals surface area contributed by atoms with Crippen LogP contribution in [0.3, 0.4) is 0 Å².